The number of allylic oxidation sites excluding steroid dienone is 2. The van der Waals surface area contributed by atoms with Gasteiger partial charge in [-0.15, -0.1) is 0 Å². The van der Waals surface area contributed by atoms with Gasteiger partial charge in [0.2, 0.25) is 0 Å². The van der Waals surface area contributed by atoms with Crippen molar-refractivity contribution in [2.45, 2.75) is 6.92 Å². The smallest absolute Gasteiger partial charge is 0.105 e. The van der Waals surface area contributed by atoms with Gasteiger partial charge in [-0.1, -0.05) is 0 Å². The van der Waals surface area contributed by atoms with Crippen LogP contribution in [0.15, 0.2) is 23.5 Å². The minimum Gasteiger partial charge on any atom is -0.356 e. The Balaban J connectivity index is 3.04. The molecular formula is C9H9N3. The lowest BCUT2D eigenvalue weighted by Crippen LogP contribution is -2.15. The molecule has 0 radical (unpaired) electrons. The first-order chi connectivity index (χ1) is 5.69. The predicted molar refractivity (Wildman–Crippen MR) is 44.3 cm³/mol. The molecule has 0 saturated carbocycles. The van der Waals surface area contributed by atoms with Crippen LogP contribution in [0.3, 0.4) is 0 Å². The Morgan fingerprint density at radius 1 is 1.42 bits per heavy atom. The van der Waals surface area contributed by atoms with Gasteiger partial charge in [-0.2, -0.15) is 10.5 Å². The first-order valence-corrected chi connectivity index (χ1v) is 3.60. The lowest BCUT2D eigenvalue weighted by molar-refractivity contribution is 0.582. The zero-order valence-electron chi connectivity index (χ0n) is 7.07. The van der Waals surface area contributed by atoms with Crippen LogP contribution in [0.1, 0.15) is 6.92 Å². The summed E-state index contributed by atoms with van der Waals surface area (Å²) in [6, 6.07) is 4.11. The molecule has 0 amide bonds. The highest BCUT2D eigenvalue weighted by atomic mass is 15.1. The fraction of sp³-hybridized carbons (Fsp3) is 0.333. The predicted octanol–water partition coefficient (Wildman–Crippen LogP) is 1.38. The molecule has 60 valence electrons. The van der Waals surface area contributed by atoms with Crippen LogP contribution in [-0.4, -0.2) is 11.9 Å². The highest BCUT2D eigenvalue weighted by molar-refractivity contribution is 5.38. The fourth-order valence-corrected chi connectivity index (χ4v) is 1.24. The second-order valence-electron chi connectivity index (χ2n) is 2.80. The van der Waals surface area contributed by atoms with Crippen molar-refractivity contribution in [1.82, 2.24) is 4.90 Å². The maximum Gasteiger partial charge on any atom is 0.105 e. The minimum absolute atomic E-state index is 0.355. The molecule has 0 aromatic carbocycles. The van der Waals surface area contributed by atoms with Gasteiger partial charge in [0, 0.05) is 19.4 Å². The highest BCUT2D eigenvalue weighted by Crippen LogP contribution is 2.23. The largest absolute Gasteiger partial charge is 0.356 e. The Morgan fingerprint density at radius 3 is 2.58 bits per heavy atom. The van der Waals surface area contributed by atoms with Crippen molar-refractivity contribution in [3.05, 3.63) is 23.5 Å². The van der Waals surface area contributed by atoms with E-state index in [1.165, 1.54) is 0 Å². The Kier molecular flexibility index (Phi) is 2.16. The summed E-state index contributed by atoms with van der Waals surface area (Å²) in [5.74, 6) is -0.355. The number of hydrogen-bond acceptors (Lipinski definition) is 3. The van der Waals surface area contributed by atoms with E-state index in [1.807, 2.05) is 26.2 Å². The van der Waals surface area contributed by atoms with Crippen LogP contribution < -0.4 is 0 Å². The quantitative estimate of drug-likeness (QED) is 0.536. The Hall–Kier alpha value is -1.74. The van der Waals surface area contributed by atoms with Crippen molar-refractivity contribution in [2.75, 3.05) is 7.05 Å². The number of nitrogens with zero attached hydrogens (tertiary/aromatic N) is 3. The van der Waals surface area contributed by atoms with E-state index in [-0.39, 0.29) is 5.92 Å². The van der Waals surface area contributed by atoms with E-state index in [9.17, 15) is 0 Å². The van der Waals surface area contributed by atoms with Crippen molar-refractivity contribution >= 4 is 0 Å². The van der Waals surface area contributed by atoms with Crippen LogP contribution in [0.2, 0.25) is 0 Å². The van der Waals surface area contributed by atoms with Crippen LogP contribution in [-0.2, 0) is 0 Å². The van der Waals surface area contributed by atoms with E-state index in [4.69, 9.17) is 10.5 Å². The van der Waals surface area contributed by atoms with Gasteiger partial charge >= 0.3 is 0 Å². The first kappa shape index (κ1) is 8.36. The van der Waals surface area contributed by atoms with E-state index < -0.39 is 0 Å². The maximum atomic E-state index is 8.75. The van der Waals surface area contributed by atoms with Crippen LogP contribution in [0.5, 0.6) is 0 Å². The zero-order chi connectivity index (χ0) is 9.14. The zero-order valence-corrected chi connectivity index (χ0v) is 7.07. The van der Waals surface area contributed by atoms with E-state index in [0.29, 0.717) is 5.57 Å². The Labute approximate surface area is 71.8 Å². The number of rotatable bonds is 0. The molecule has 0 aromatic heterocycles. The molecular weight excluding hydrogens is 150 g/mol. The van der Waals surface area contributed by atoms with Crippen LogP contribution in [0, 0.1) is 28.6 Å². The van der Waals surface area contributed by atoms with Crippen LogP contribution in [0.25, 0.3) is 0 Å². The van der Waals surface area contributed by atoms with Gasteiger partial charge < -0.3 is 4.90 Å². The van der Waals surface area contributed by atoms with E-state index in [0.717, 1.165) is 5.57 Å². The van der Waals surface area contributed by atoms with Crippen molar-refractivity contribution in [2.24, 2.45) is 5.92 Å². The molecule has 3 heteroatoms. The molecule has 3 nitrogen and oxygen atoms in total. The summed E-state index contributed by atoms with van der Waals surface area (Å²) in [6.45, 7) is 1.86. The van der Waals surface area contributed by atoms with Crippen molar-refractivity contribution in [3.8, 4) is 12.1 Å². The van der Waals surface area contributed by atoms with Gasteiger partial charge in [-0.25, -0.2) is 0 Å². The van der Waals surface area contributed by atoms with E-state index in [1.54, 1.807) is 11.1 Å². The number of nitriles is 2. The molecule has 0 saturated heterocycles. The number of hydrogen-bond donors (Lipinski definition) is 0. The second kappa shape index (κ2) is 3.11. The van der Waals surface area contributed by atoms with Crippen LogP contribution in [0.4, 0.5) is 0 Å². The van der Waals surface area contributed by atoms with Crippen molar-refractivity contribution < 1.29 is 0 Å². The van der Waals surface area contributed by atoms with Crippen molar-refractivity contribution in [3.63, 3.8) is 0 Å². The summed E-state index contributed by atoms with van der Waals surface area (Å²) < 4.78 is 0. The monoisotopic (exact) mass is 159 g/mol. The summed E-state index contributed by atoms with van der Waals surface area (Å²) >= 11 is 0. The van der Waals surface area contributed by atoms with Gasteiger partial charge in [0.05, 0.1) is 17.7 Å². The fourth-order valence-electron chi connectivity index (χ4n) is 1.24. The molecule has 0 fully saturated rings. The molecule has 12 heavy (non-hydrogen) atoms. The molecule has 0 spiro atoms. The van der Waals surface area contributed by atoms with Gasteiger partial charge in [0.25, 0.3) is 0 Å². The molecule has 0 aromatic rings. The van der Waals surface area contributed by atoms with Gasteiger partial charge in [0.15, 0.2) is 0 Å². The summed E-state index contributed by atoms with van der Waals surface area (Å²) in [6.07, 6.45) is 3.54. The molecule has 0 aliphatic carbocycles. The molecule has 1 rings (SSSR count). The lowest BCUT2D eigenvalue weighted by atomic mass is 9.93. The topological polar surface area (TPSA) is 50.8 Å². The molecule has 1 aliphatic rings. The van der Waals surface area contributed by atoms with E-state index in [2.05, 4.69) is 6.07 Å². The Bertz CT molecular complexity index is 325. The summed E-state index contributed by atoms with van der Waals surface area (Å²) in [4.78, 5) is 1.79. The molecule has 1 unspecified atom stereocenters. The highest BCUT2D eigenvalue weighted by Gasteiger charge is 2.19. The summed E-state index contributed by atoms with van der Waals surface area (Å²) in [5, 5.41) is 17.5. The van der Waals surface area contributed by atoms with Gasteiger partial charge in [-0.05, 0) is 12.5 Å². The second-order valence-corrected chi connectivity index (χ2v) is 2.80. The average molecular weight is 159 g/mol. The van der Waals surface area contributed by atoms with Crippen LogP contribution >= 0.6 is 0 Å². The SMILES string of the molecule is CC1=CN(C)C=C(C#N)C1C#N. The van der Waals surface area contributed by atoms with Crippen molar-refractivity contribution in [1.29, 1.82) is 10.5 Å². The standard InChI is InChI=1S/C9H9N3/c1-7-5-12(2)6-8(3-10)9(7)4-11/h5-6,9H,1-2H3. The first-order valence-electron chi connectivity index (χ1n) is 3.60. The Morgan fingerprint density at radius 2 is 2.08 bits per heavy atom. The molecule has 0 bridgehead atoms. The minimum atomic E-state index is -0.355. The maximum absolute atomic E-state index is 8.75. The normalized spacial score (nSPS) is 22.0. The third-order valence-electron chi connectivity index (χ3n) is 1.77. The summed E-state index contributed by atoms with van der Waals surface area (Å²) in [7, 11) is 1.84. The van der Waals surface area contributed by atoms with E-state index >= 15 is 0 Å². The third kappa shape index (κ3) is 1.31. The molecule has 1 aliphatic heterocycles. The van der Waals surface area contributed by atoms with Gasteiger partial charge in [-0.3, -0.25) is 0 Å². The summed E-state index contributed by atoms with van der Waals surface area (Å²) in [5.41, 5.74) is 1.43. The molecule has 1 heterocycles. The lowest BCUT2D eigenvalue weighted by Gasteiger charge is -2.20. The van der Waals surface area contributed by atoms with Gasteiger partial charge in [0.1, 0.15) is 5.92 Å². The molecule has 1 atom stereocenters. The molecule has 0 N–H and O–H groups in total. The third-order valence-corrected chi connectivity index (χ3v) is 1.77. The average Bonchev–Trinajstić information content (AvgIpc) is 2.03.